The van der Waals surface area contributed by atoms with Gasteiger partial charge in [-0.25, -0.2) is 13.2 Å². The number of nitrogens with one attached hydrogen (secondary N) is 2. The predicted molar refractivity (Wildman–Crippen MR) is 121 cm³/mol. The molecule has 0 saturated carbocycles. The quantitative estimate of drug-likeness (QED) is 0.650. The van der Waals surface area contributed by atoms with Crippen LogP contribution in [-0.4, -0.2) is 42.4 Å². The summed E-state index contributed by atoms with van der Waals surface area (Å²) in [6.45, 7) is 6.26. The molecule has 2 aromatic rings. The lowest BCUT2D eigenvalue weighted by Gasteiger charge is -2.30. The summed E-state index contributed by atoms with van der Waals surface area (Å²) in [5.74, 6) is -3.14. The van der Waals surface area contributed by atoms with Gasteiger partial charge in [-0.1, -0.05) is 38.1 Å². The van der Waals surface area contributed by atoms with Crippen molar-refractivity contribution in [3.05, 3.63) is 59.4 Å². The molecule has 2 amide bonds. The maximum atomic E-state index is 14.1. The van der Waals surface area contributed by atoms with Gasteiger partial charge in [-0.05, 0) is 43.9 Å². The molecule has 0 aromatic heterocycles. The van der Waals surface area contributed by atoms with Crippen molar-refractivity contribution in [3.8, 4) is 11.1 Å². The Hall–Kier alpha value is -2.87. The van der Waals surface area contributed by atoms with Gasteiger partial charge in [0.1, 0.15) is 23.5 Å². The third-order valence-corrected chi connectivity index (χ3v) is 6.15. The molecule has 3 unspecified atom stereocenters. The standard InChI is InChI=1S/C25H30F3N3O2/c1-14(2)23(29-4)25(33)31-11-5-6-21(31)24(32)30-15(3)16-7-9-17(10-8-16)22-19(27)12-18(26)13-20(22)28/h7-10,12-15,21,23,29H,5-6,11H2,1-4H3,(H,30,32). The Kier molecular flexibility index (Phi) is 7.79. The minimum atomic E-state index is -0.978. The van der Waals surface area contributed by atoms with Crippen molar-refractivity contribution < 1.29 is 22.8 Å². The monoisotopic (exact) mass is 461 g/mol. The number of hydrogen-bond donors (Lipinski definition) is 2. The Morgan fingerprint density at radius 3 is 2.18 bits per heavy atom. The minimum Gasteiger partial charge on any atom is -0.348 e. The van der Waals surface area contributed by atoms with E-state index in [2.05, 4.69) is 10.6 Å². The maximum absolute atomic E-state index is 14.1. The normalized spacial score (nSPS) is 17.8. The zero-order chi connectivity index (χ0) is 24.3. The van der Waals surface area contributed by atoms with Crippen LogP contribution in [0.1, 0.15) is 45.2 Å². The highest BCUT2D eigenvalue weighted by Gasteiger charge is 2.37. The average molecular weight is 462 g/mol. The van der Waals surface area contributed by atoms with Crippen molar-refractivity contribution in [2.24, 2.45) is 5.92 Å². The molecule has 3 atom stereocenters. The fraction of sp³-hybridized carbons (Fsp3) is 0.440. The highest BCUT2D eigenvalue weighted by molar-refractivity contribution is 5.90. The SMILES string of the molecule is CNC(C(=O)N1CCCC1C(=O)NC(C)c1ccc(-c2c(F)cc(F)cc2F)cc1)C(C)C. The molecule has 1 fully saturated rings. The predicted octanol–water partition coefficient (Wildman–Crippen LogP) is 4.18. The molecule has 0 aliphatic carbocycles. The fourth-order valence-corrected chi connectivity index (χ4v) is 4.37. The molecule has 178 valence electrons. The lowest BCUT2D eigenvalue weighted by Crippen LogP contribution is -2.53. The summed E-state index contributed by atoms with van der Waals surface area (Å²) in [5, 5.41) is 5.98. The molecule has 2 N–H and O–H groups in total. The zero-order valence-electron chi connectivity index (χ0n) is 19.3. The van der Waals surface area contributed by atoms with Crippen LogP contribution in [0, 0.1) is 23.4 Å². The molecular formula is C25H30F3N3O2. The van der Waals surface area contributed by atoms with Gasteiger partial charge in [0.25, 0.3) is 0 Å². The number of rotatable bonds is 7. The Bertz CT molecular complexity index is 987. The van der Waals surface area contributed by atoms with Crippen molar-refractivity contribution in [1.29, 1.82) is 0 Å². The van der Waals surface area contributed by atoms with E-state index in [9.17, 15) is 22.8 Å². The second-order valence-electron chi connectivity index (χ2n) is 8.80. The third kappa shape index (κ3) is 5.38. The largest absolute Gasteiger partial charge is 0.348 e. The van der Waals surface area contributed by atoms with Gasteiger partial charge in [0.2, 0.25) is 11.8 Å². The summed E-state index contributed by atoms with van der Waals surface area (Å²) in [4.78, 5) is 27.6. The number of carbonyl (C=O) groups excluding carboxylic acids is 2. The van der Waals surface area contributed by atoms with E-state index in [0.29, 0.717) is 25.1 Å². The van der Waals surface area contributed by atoms with Gasteiger partial charge in [-0.3, -0.25) is 9.59 Å². The summed E-state index contributed by atoms with van der Waals surface area (Å²) in [6, 6.07) is 6.41. The van der Waals surface area contributed by atoms with Crippen LogP contribution in [0.2, 0.25) is 0 Å². The zero-order valence-corrected chi connectivity index (χ0v) is 19.3. The van der Waals surface area contributed by atoms with E-state index in [0.717, 1.165) is 12.0 Å². The number of likely N-dealkylation sites (tertiary alicyclic amines) is 1. The summed E-state index contributed by atoms with van der Waals surface area (Å²) < 4.78 is 41.3. The molecule has 2 aromatic carbocycles. The molecule has 1 aliphatic rings. The van der Waals surface area contributed by atoms with Crippen LogP contribution in [-0.2, 0) is 9.59 Å². The van der Waals surface area contributed by atoms with Crippen molar-refractivity contribution in [3.63, 3.8) is 0 Å². The van der Waals surface area contributed by atoms with Crippen molar-refractivity contribution in [1.82, 2.24) is 15.5 Å². The Labute approximate surface area is 192 Å². The summed E-state index contributed by atoms with van der Waals surface area (Å²) in [5.41, 5.74) is 0.705. The number of hydrogen-bond acceptors (Lipinski definition) is 3. The number of amides is 2. The van der Waals surface area contributed by atoms with Gasteiger partial charge in [-0.15, -0.1) is 0 Å². The van der Waals surface area contributed by atoms with Crippen molar-refractivity contribution in [2.75, 3.05) is 13.6 Å². The number of halogens is 3. The molecule has 1 aliphatic heterocycles. The fourth-order valence-electron chi connectivity index (χ4n) is 4.37. The lowest BCUT2D eigenvalue weighted by atomic mass is 10.00. The molecule has 0 bridgehead atoms. The first kappa shape index (κ1) is 24.8. The first-order valence-corrected chi connectivity index (χ1v) is 11.2. The number of nitrogens with zero attached hydrogens (tertiary/aromatic N) is 1. The van der Waals surface area contributed by atoms with E-state index in [1.165, 1.54) is 12.1 Å². The molecule has 0 spiro atoms. The molecule has 8 heteroatoms. The smallest absolute Gasteiger partial charge is 0.243 e. The summed E-state index contributed by atoms with van der Waals surface area (Å²) >= 11 is 0. The van der Waals surface area contributed by atoms with Crippen LogP contribution in [0.15, 0.2) is 36.4 Å². The van der Waals surface area contributed by atoms with Gasteiger partial charge >= 0.3 is 0 Å². The van der Waals surface area contributed by atoms with E-state index in [1.54, 1.807) is 31.0 Å². The van der Waals surface area contributed by atoms with Crippen LogP contribution in [0.5, 0.6) is 0 Å². The van der Waals surface area contributed by atoms with Crippen LogP contribution < -0.4 is 10.6 Å². The molecule has 33 heavy (non-hydrogen) atoms. The van der Waals surface area contributed by atoms with Crippen molar-refractivity contribution >= 4 is 11.8 Å². The molecule has 5 nitrogen and oxygen atoms in total. The molecule has 1 heterocycles. The third-order valence-electron chi connectivity index (χ3n) is 6.15. The van der Waals surface area contributed by atoms with E-state index in [-0.39, 0.29) is 40.9 Å². The Morgan fingerprint density at radius 1 is 1.03 bits per heavy atom. The first-order chi connectivity index (χ1) is 15.6. The van der Waals surface area contributed by atoms with E-state index in [1.807, 2.05) is 13.8 Å². The lowest BCUT2D eigenvalue weighted by molar-refractivity contribution is -0.141. The van der Waals surface area contributed by atoms with E-state index >= 15 is 0 Å². The number of benzene rings is 2. The van der Waals surface area contributed by atoms with Crippen LogP contribution in [0.25, 0.3) is 11.1 Å². The van der Waals surface area contributed by atoms with Crippen molar-refractivity contribution in [2.45, 2.75) is 51.7 Å². The topological polar surface area (TPSA) is 61.4 Å². The van der Waals surface area contributed by atoms with E-state index in [4.69, 9.17) is 0 Å². The van der Waals surface area contributed by atoms with Crippen LogP contribution >= 0.6 is 0 Å². The average Bonchev–Trinajstić information content (AvgIpc) is 3.23. The number of carbonyl (C=O) groups is 2. The molecule has 0 radical (unpaired) electrons. The molecule has 1 saturated heterocycles. The first-order valence-electron chi connectivity index (χ1n) is 11.2. The van der Waals surface area contributed by atoms with Crippen LogP contribution in [0.4, 0.5) is 13.2 Å². The van der Waals surface area contributed by atoms with Gasteiger partial charge in [-0.2, -0.15) is 0 Å². The second kappa shape index (κ2) is 10.4. The highest BCUT2D eigenvalue weighted by Crippen LogP contribution is 2.28. The number of likely N-dealkylation sites (N-methyl/N-ethyl adjacent to an activating group) is 1. The van der Waals surface area contributed by atoms with Gasteiger partial charge in [0, 0.05) is 18.7 Å². The molecular weight excluding hydrogens is 431 g/mol. The Morgan fingerprint density at radius 2 is 1.64 bits per heavy atom. The highest BCUT2D eigenvalue weighted by atomic mass is 19.1. The van der Waals surface area contributed by atoms with Gasteiger partial charge in [0.15, 0.2) is 0 Å². The minimum absolute atomic E-state index is 0.0782. The summed E-state index contributed by atoms with van der Waals surface area (Å²) in [6.07, 6.45) is 1.36. The van der Waals surface area contributed by atoms with Crippen LogP contribution in [0.3, 0.4) is 0 Å². The molecule has 3 rings (SSSR count). The Balaban J connectivity index is 1.70. The summed E-state index contributed by atoms with van der Waals surface area (Å²) in [7, 11) is 1.74. The van der Waals surface area contributed by atoms with Gasteiger partial charge in [0.05, 0.1) is 17.6 Å². The van der Waals surface area contributed by atoms with E-state index < -0.39 is 23.5 Å². The second-order valence-corrected chi connectivity index (χ2v) is 8.80. The maximum Gasteiger partial charge on any atom is 0.243 e. The van der Waals surface area contributed by atoms with Gasteiger partial charge < -0.3 is 15.5 Å².